The van der Waals surface area contributed by atoms with Crippen LogP contribution in [-0.4, -0.2) is 39.0 Å². The van der Waals surface area contributed by atoms with Gasteiger partial charge in [-0.15, -0.1) is 5.10 Å². The minimum Gasteiger partial charge on any atom is -0.320 e. The molecular weight excluding hydrogens is 278 g/mol. The number of anilines is 1. The number of benzene rings is 1. The minimum absolute atomic E-state index is 0.0696. The van der Waals surface area contributed by atoms with Crippen molar-refractivity contribution >= 4 is 11.7 Å². The topological polar surface area (TPSA) is 63.1 Å². The van der Waals surface area contributed by atoms with E-state index in [2.05, 4.69) is 48.5 Å². The van der Waals surface area contributed by atoms with Crippen molar-refractivity contribution in [3.8, 4) is 0 Å². The molecule has 3 rings (SSSR count). The standard InChI is InChI=1S/C16H21N5O/c1-16(2,3)12-4-6-13(7-5-12)18-15(22)20-10-14(11-20)21-9-8-17-19-21/h4-9,14H,10-11H2,1-3H3,(H,18,22). The average Bonchev–Trinajstić information content (AvgIpc) is 2.90. The largest absolute Gasteiger partial charge is 0.321 e. The van der Waals surface area contributed by atoms with E-state index in [0.29, 0.717) is 13.1 Å². The van der Waals surface area contributed by atoms with Gasteiger partial charge in [0.2, 0.25) is 0 Å². The second-order valence-corrected chi connectivity index (χ2v) is 6.70. The van der Waals surface area contributed by atoms with E-state index in [1.54, 1.807) is 15.8 Å². The first-order chi connectivity index (χ1) is 10.4. The van der Waals surface area contributed by atoms with Crippen molar-refractivity contribution in [1.82, 2.24) is 19.9 Å². The molecule has 0 spiro atoms. The van der Waals surface area contributed by atoms with Crippen LogP contribution in [0.1, 0.15) is 32.4 Å². The van der Waals surface area contributed by atoms with Crippen molar-refractivity contribution in [2.75, 3.05) is 18.4 Å². The number of urea groups is 1. The fraction of sp³-hybridized carbons (Fsp3) is 0.438. The summed E-state index contributed by atoms with van der Waals surface area (Å²) in [6.07, 6.45) is 3.48. The Morgan fingerprint density at radius 1 is 1.23 bits per heavy atom. The van der Waals surface area contributed by atoms with Crippen molar-refractivity contribution in [3.63, 3.8) is 0 Å². The molecule has 1 fully saturated rings. The van der Waals surface area contributed by atoms with E-state index >= 15 is 0 Å². The molecule has 1 aromatic heterocycles. The van der Waals surface area contributed by atoms with Gasteiger partial charge in [-0.05, 0) is 23.1 Å². The van der Waals surface area contributed by atoms with Gasteiger partial charge in [0.15, 0.2) is 0 Å². The number of hydrogen-bond acceptors (Lipinski definition) is 3. The first kappa shape index (κ1) is 14.6. The zero-order chi connectivity index (χ0) is 15.7. The van der Waals surface area contributed by atoms with Gasteiger partial charge in [-0.2, -0.15) is 0 Å². The van der Waals surface area contributed by atoms with Crippen molar-refractivity contribution in [2.24, 2.45) is 0 Å². The maximum absolute atomic E-state index is 12.2. The molecule has 2 amide bonds. The molecule has 1 aliphatic rings. The zero-order valence-corrected chi connectivity index (χ0v) is 13.2. The fourth-order valence-corrected chi connectivity index (χ4v) is 2.46. The number of likely N-dealkylation sites (tertiary alicyclic amines) is 1. The number of hydrogen-bond donors (Lipinski definition) is 1. The highest BCUT2D eigenvalue weighted by atomic mass is 16.2. The van der Waals surface area contributed by atoms with Crippen LogP contribution in [0, 0.1) is 0 Å². The summed E-state index contributed by atoms with van der Waals surface area (Å²) >= 11 is 0. The molecule has 0 atom stereocenters. The summed E-state index contributed by atoms with van der Waals surface area (Å²) in [7, 11) is 0. The van der Waals surface area contributed by atoms with E-state index in [1.807, 2.05) is 18.3 Å². The van der Waals surface area contributed by atoms with Crippen molar-refractivity contribution in [1.29, 1.82) is 0 Å². The van der Waals surface area contributed by atoms with Gasteiger partial charge in [-0.1, -0.05) is 38.1 Å². The molecule has 22 heavy (non-hydrogen) atoms. The van der Waals surface area contributed by atoms with Crippen LogP contribution in [0.2, 0.25) is 0 Å². The summed E-state index contributed by atoms with van der Waals surface area (Å²) in [5, 5.41) is 10.7. The number of amides is 2. The van der Waals surface area contributed by atoms with Crippen molar-refractivity contribution in [2.45, 2.75) is 32.2 Å². The van der Waals surface area contributed by atoms with E-state index in [0.717, 1.165) is 5.69 Å². The van der Waals surface area contributed by atoms with Crippen LogP contribution in [0.3, 0.4) is 0 Å². The van der Waals surface area contributed by atoms with Crippen LogP contribution in [0.15, 0.2) is 36.7 Å². The summed E-state index contributed by atoms with van der Waals surface area (Å²) in [6, 6.07) is 8.19. The molecule has 1 N–H and O–H groups in total. The summed E-state index contributed by atoms with van der Waals surface area (Å²) in [6.45, 7) is 7.84. The summed E-state index contributed by atoms with van der Waals surface area (Å²) < 4.78 is 1.79. The molecule has 0 aliphatic carbocycles. The van der Waals surface area contributed by atoms with Gasteiger partial charge in [-0.25, -0.2) is 9.48 Å². The number of carbonyl (C=O) groups is 1. The molecule has 2 aromatic rings. The Balaban J connectivity index is 1.55. The lowest BCUT2D eigenvalue weighted by Crippen LogP contribution is -2.52. The van der Waals surface area contributed by atoms with Gasteiger partial charge < -0.3 is 10.2 Å². The van der Waals surface area contributed by atoms with Crippen LogP contribution in [0.4, 0.5) is 10.5 Å². The normalized spacial score (nSPS) is 15.5. The van der Waals surface area contributed by atoms with E-state index in [1.165, 1.54) is 5.56 Å². The highest BCUT2D eigenvalue weighted by Gasteiger charge is 2.32. The molecule has 1 aliphatic heterocycles. The van der Waals surface area contributed by atoms with Crippen LogP contribution < -0.4 is 5.32 Å². The second-order valence-electron chi connectivity index (χ2n) is 6.70. The Morgan fingerprint density at radius 2 is 1.91 bits per heavy atom. The molecule has 0 saturated carbocycles. The van der Waals surface area contributed by atoms with Crippen LogP contribution in [0.5, 0.6) is 0 Å². The maximum atomic E-state index is 12.2. The molecule has 0 radical (unpaired) electrons. The molecule has 1 saturated heterocycles. The van der Waals surface area contributed by atoms with Gasteiger partial charge in [0.05, 0.1) is 12.2 Å². The summed E-state index contributed by atoms with van der Waals surface area (Å²) in [4.78, 5) is 13.9. The van der Waals surface area contributed by atoms with Crippen molar-refractivity contribution < 1.29 is 4.79 Å². The molecular formula is C16H21N5O. The van der Waals surface area contributed by atoms with Gasteiger partial charge in [0, 0.05) is 25.0 Å². The highest BCUT2D eigenvalue weighted by molar-refractivity contribution is 5.89. The van der Waals surface area contributed by atoms with Crippen LogP contribution in [-0.2, 0) is 5.41 Å². The lowest BCUT2D eigenvalue weighted by Gasteiger charge is -2.38. The second kappa shape index (κ2) is 5.44. The smallest absolute Gasteiger partial charge is 0.320 e. The molecule has 1 aromatic carbocycles. The third-order valence-electron chi connectivity index (χ3n) is 3.97. The quantitative estimate of drug-likeness (QED) is 0.927. The minimum atomic E-state index is -0.0696. The zero-order valence-electron chi connectivity index (χ0n) is 13.2. The molecule has 2 heterocycles. The average molecular weight is 299 g/mol. The fourth-order valence-electron chi connectivity index (χ4n) is 2.46. The lowest BCUT2D eigenvalue weighted by atomic mass is 9.87. The number of carbonyl (C=O) groups excluding carboxylic acids is 1. The van der Waals surface area contributed by atoms with Gasteiger partial charge in [0.1, 0.15) is 0 Å². The van der Waals surface area contributed by atoms with Gasteiger partial charge in [-0.3, -0.25) is 0 Å². The SMILES string of the molecule is CC(C)(C)c1ccc(NC(=O)N2CC(n3ccnn3)C2)cc1. The number of nitrogens with one attached hydrogen (secondary N) is 1. The van der Waals surface area contributed by atoms with Gasteiger partial charge >= 0.3 is 6.03 Å². The first-order valence-corrected chi connectivity index (χ1v) is 7.46. The van der Waals surface area contributed by atoms with E-state index in [4.69, 9.17) is 0 Å². The monoisotopic (exact) mass is 299 g/mol. The Hall–Kier alpha value is -2.37. The summed E-state index contributed by atoms with van der Waals surface area (Å²) in [5.41, 5.74) is 2.19. The predicted octanol–water partition coefficient (Wildman–Crippen LogP) is 2.66. The molecule has 0 bridgehead atoms. The molecule has 116 valence electrons. The first-order valence-electron chi connectivity index (χ1n) is 7.46. The van der Waals surface area contributed by atoms with E-state index in [9.17, 15) is 4.79 Å². The Bertz CT molecular complexity index is 636. The Morgan fingerprint density at radius 3 is 2.45 bits per heavy atom. The van der Waals surface area contributed by atoms with Crippen molar-refractivity contribution in [3.05, 3.63) is 42.2 Å². The van der Waals surface area contributed by atoms with Crippen LogP contribution in [0.25, 0.3) is 0 Å². The number of nitrogens with zero attached hydrogens (tertiary/aromatic N) is 4. The Labute approximate surface area is 130 Å². The third kappa shape index (κ3) is 2.95. The lowest BCUT2D eigenvalue weighted by molar-refractivity contribution is 0.127. The van der Waals surface area contributed by atoms with Gasteiger partial charge in [0.25, 0.3) is 0 Å². The van der Waals surface area contributed by atoms with Crippen LogP contribution >= 0.6 is 0 Å². The molecule has 6 heteroatoms. The summed E-state index contributed by atoms with van der Waals surface area (Å²) in [5.74, 6) is 0. The predicted molar refractivity (Wildman–Crippen MR) is 84.8 cm³/mol. The van der Waals surface area contributed by atoms with E-state index < -0.39 is 0 Å². The molecule has 6 nitrogen and oxygen atoms in total. The van der Waals surface area contributed by atoms with E-state index in [-0.39, 0.29) is 17.5 Å². The third-order valence-corrected chi connectivity index (χ3v) is 3.97. The Kier molecular flexibility index (Phi) is 3.60. The highest BCUT2D eigenvalue weighted by Crippen LogP contribution is 2.24. The molecule has 0 unspecified atom stereocenters. The number of aromatic nitrogens is 3. The number of rotatable bonds is 2. The maximum Gasteiger partial charge on any atom is 0.321 e.